The van der Waals surface area contributed by atoms with E-state index >= 15 is 0 Å². The Bertz CT molecular complexity index is 405. The van der Waals surface area contributed by atoms with Crippen molar-refractivity contribution in [2.24, 2.45) is 0 Å². The molecule has 0 unspecified atom stereocenters. The van der Waals surface area contributed by atoms with Gasteiger partial charge in [0.2, 0.25) is 5.78 Å². The molecule has 2 heteroatoms. The van der Waals surface area contributed by atoms with Crippen LogP contribution < -0.4 is 5.32 Å². The highest BCUT2D eigenvalue weighted by molar-refractivity contribution is 6.18. The van der Waals surface area contributed by atoms with E-state index in [-0.39, 0.29) is 5.78 Å². The van der Waals surface area contributed by atoms with Crippen molar-refractivity contribution in [3.05, 3.63) is 41.1 Å². The maximum Gasteiger partial charge on any atom is 0.210 e. The maximum atomic E-state index is 11.6. The minimum absolute atomic E-state index is 0.0983. The largest absolute Gasteiger partial charge is 0.352 e. The van der Waals surface area contributed by atoms with Crippen molar-refractivity contribution < 1.29 is 4.79 Å². The van der Waals surface area contributed by atoms with Gasteiger partial charge in [-0.05, 0) is 25.5 Å². The van der Waals surface area contributed by atoms with Crippen LogP contribution >= 0.6 is 0 Å². The lowest BCUT2D eigenvalue weighted by atomic mass is 10.1. The Balaban J connectivity index is 2.62. The van der Waals surface area contributed by atoms with E-state index < -0.39 is 0 Å². The van der Waals surface area contributed by atoms with Crippen molar-refractivity contribution in [1.82, 2.24) is 0 Å². The summed E-state index contributed by atoms with van der Waals surface area (Å²) in [6, 6.07) is 5.76. The number of Topliss-reactive ketones (excluding diaryl/α,β-unsaturated/α-hetero) is 1. The number of ketones is 1. The van der Waals surface area contributed by atoms with Gasteiger partial charge in [-0.15, -0.1) is 0 Å². The van der Waals surface area contributed by atoms with Crippen molar-refractivity contribution >= 4 is 11.5 Å². The van der Waals surface area contributed by atoms with Crippen molar-refractivity contribution in [2.75, 3.05) is 5.32 Å². The van der Waals surface area contributed by atoms with E-state index in [4.69, 9.17) is 0 Å². The molecule has 1 aliphatic rings. The van der Waals surface area contributed by atoms with Crippen LogP contribution in [0.3, 0.4) is 0 Å². The molecule has 1 N–H and O–H groups in total. The van der Waals surface area contributed by atoms with Crippen LogP contribution in [0.2, 0.25) is 0 Å². The molecule has 13 heavy (non-hydrogen) atoms. The SMILES string of the molecule is CC=C1Nc2c(C)cccc2C1=O. The number of benzene rings is 1. The first-order valence-electron chi connectivity index (χ1n) is 4.31. The Morgan fingerprint density at radius 1 is 1.38 bits per heavy atom. The van der Waals surface area contributed by atoms with E-state index in [1.165, 1.54) is 0 Å². The summed E-state index contributed by atoms with van der Waals surface area (Å²) in [5.41, 5.74) is 3.54. The number of carbonyl (C=O) groups excluding carboxylic acids is 1. The van der Waals surface area contributed by atoms with Gasteiger partial charge in [0.25, 0.3) is 0 Å². The van der Waals surface area contributed by atoms with Gasteiger partial charge in [0.1, 0.15) is 0 Å². The van der Waals surface area contributed by atoms with Crippen LogP contribution in [0.5, 0.6) is 0 Å². The second-order valence-corrected chi connectivity index (χ2v) is 3.15. The Kier molecular flexibility index (Phi) is 1.69. The molecule has 0 atom stereocenters. The van der Waals surface area contributed by atoms with Crippen LogP contribution in [-0.2, 0) is 0 Å². The van der Waals surface area contributed by atoms with E-state index in [1.807, 2.05) is 38.1 Å². The predicted molar refractivity (Wildman–Crippen MR) is 52.9 cm³/mol. The number of fused-ring (bicyclic) bond motifs is 1. The molecule has 0 aromatic heterocycles. The average molecular weight is 173 g/mol. The van der Waals surface area contributed by atoms with Gasteiger partial charge in [-0.3, -0.25) is 4.79 Å². The van der Waals surface area contributed by atoms with Crippen molar-refractivity contribution in [2.45, 2.75) is 13.8 Å². The highest BCUT2D eigenvalue weighted by Gasteiger charge is 2.24. The lowest BCUT2D eigenvalue weighted by molar-refractivity contribution is 0.104. The molecule has 2 nitrogen and oxygen atoms in total. The van der Waals surface area contributed by atoms with Crippen LogP contribution in [-0.4, -0.2) is 5.78 Å². The fraction of sp³-hybridized carbons (Fsp3) is 0.182. The monoisotopic (exact) mass is 173 g/mol. The van der Waals surface area contributed by atoms with Gasteiger partial charge in [-0.1, -0.05) is 18.2 Å². The zero-order valence-electron chi connectivity index (χ0n) is 7.72. The van der Waals surface area contributed by atoms with Crippen LogP contribution in [0.15, 0.2) is 30.0 Å². The summed E-state index contributed by atoms with van der Waals surface area (Å²) < 4.78 is 0. The maximum absolute atomic E-state index is 11.6. The van der Waals surface area contributed by atoms with Crippen molar-refractivity contribution in [3.63, 3.8) is 0 Å². The second-order valence-electron chi connectivity index (χ2n) is 3.15. The standard InChI is InChI=1S/C11H11NO/c1-3-9-11(13)8-6-4-5-7(2)10(8)12-9/h3-6,12H,1-2H3. The van der Waals surface area contributed by atoms with Gasteiger partial charge < -0.3 is 5.32 Å². The van der Waals surface area contributed by atoms with Crippen molar-refractivity contribution in [1.29, 1.82) is 0 Å². The molecule has 0 saturated carbocycles. The number of allylic oxidation sites excluding steroid dienone is 2. The summed E-state index contributed by atoms with van der Waals surface area (Å²) >= 11 is 0. The number of anilines is 1. The smallest absolute Gasteiger partial charge is 0.210 e. The molecular weight excluding hydrogens is 162 g/mol. The molecule has 0 amide bonds. The predicted octanol–water partition coefficient (Wildman–Crippen LogP) is 2.51. The molecule has 1 aromatic rings. The quantitative estimate of drug-likeness (QED) is 0.611. The van der Waals surface area contributed by atoms with E-state index in [2.05, 4.69) is 5.32 Å². The third-order valence-corrected chi connectivity index (χ3v) is 2.31. The van der Waals surface area contributed by atoms with E-state index in [0.717, 1.165) is 16.8 Å². The fourth-order valence-corrected chi connectivity index (χ4v) is 1.56. The van der Waals surface area contributed by atoms with Crippen LogP contribution in [0.1, 0.15) is 22.8 Å². The molecule has 1 aromatic carbocycles. The van der Waals surface area contributed by atoms with Gasteiger partial charge in [0, 0.05) is 5.56 Å². The van der Waals surface area contributed by atoms with Crippen LogP contribution in [0.4, 0.5) is 5.69 Å². The number of rotatable bonds is 0. The molecule has 0 saturated heterocycles. The Morgan fingerprint density at radius 3 is 2.77 bits per heavy atom. The summed E-state index contributed by atoms with van der Waals surface area (Å²) in [5.74, 6) is 0.0983. The number of hydrogen-bond donors (Lipinski definition) is 1. The number of aryl methyl sites for hydroxylation is 1. The van der Waals surface area contributed by atoms with Gasteiger partial charge in [0.15, 0.2) is 0 Å². The molecule has 0 radical (unpaired) electrons. The lowest BCUT2D eigenvalue weighted by Crippen LogP contribution is -1.98. The number of carbonyl (C=O) groups is 1. The molecule has 0 bridgehead atoms. The Morgan fingerprint density at radius 2 is 2.15 bits per heavy atom. The highest BCUT2D eigenvalue weighted by Crippen LogP contribution is 2.30. The number of hydrogen-bond acceptors (Lipinski definition) is 2. The molecule has 1 aliphatic heterocycles. The summed E-state index contributed by atoms with van der Waals surface area (Å²) in [7, 11) is 0. The van der Waals surface area contributed by atoms with Crippen LogP contribution in [0.25, 0.3) is 0 Å². The zero-order valence-corrected chi connectivity index (χ0v) is 7.72. The molecule has 0 spiro atoms. The topological polar surface area (TPSA) is 29.1 Å². The van der Waals surface area contributed by atoms with E-state index in [9.17, 15) is 4.79 Å². The van der Waals surface area contributed by atoms with Gasteiger partial charge in [-0.2, -0.15) is 0 Å². The van der Waals surface area contributed by atoms with E-state index in [1.54, 1.807) is 0 Å². The number of nitrogens with one attached hydrogen (secondary N) is 1. The minimum atomic E-state index is 0.0983. The Hall–Kier alpha value is -1.57. The Labute approximate surface area is 77.3 Å². The molecule has 66 valence electrons. The number of para-hydroxylation sites is 1. The third kappa shape index (κ3) is 1.06. The molecule has 0 fully saturated rings. The normalized spacial score (nSPS) is 17.4. The summed E-state index contributed by atoms with van der Waals surface area (Å²) in [4.78, 5) is 11.6. The average Bonchev–Trinajstić information content (AvgIpc) is 2.45. The lowest BCUT2D eigenvalue weighted by Gasteiger charge is -2.01. The summed E-state index contributed by atoms with van der Waals surface area (Å²) in [6.07, 6.45) is 1.81. The highest BCUT2D eigenvalue weighted by atomic mass is 16.1. The van der Waals surface area contributed by atoms with Gasteiger partial charge in [0.05, 0.1) is 11.4 Å². The first-order chi connectivity index (χ1) is 6.24. The van der Waals surface area contributed by atoms with Crippen LogP contribution in [0, 0.1) is 6.92 Å². The molecular formula is C11H11NO. The van der Waals surface area contributed by atoms with Crippen molar-refractivity contribution in [3.8, 4) is 0 Å². The molecule has 2 rings (SSSR count). The van der Waals surface area contributed by atoms with E-state index in [0.29, 0.717) is 5.70 Å². The van der Waals surface area contributed by atoms with Gasteiger partial charge >= 0.3 is 0 Å². The summed E-state index contributed by atoms with van der Waals surface area (Å²) in [5, 5.41) is 3.11. The molecule has 0 aliphatic carbocycles. The third-order valence-electron chi connectivity index (χ3n) is 2.31. The first-order valence-corrected chi connectivity index (χ1v) is 4.31. The molecule has 1 heterocycles. The minimum Gasteiger partial charge on any atom is -0.352 e. The first kappa shape index (κ1) is 8.05. The zero-order chi connectivity index (χ0) is 9.42. The summed E-state index contributed by atoms with van der Waals surface area (Å²) in [6.45, 7) is 3.86. The van der Waals surface area contributed by atoms with Gasteiger partial charge in [-0.25, -0.2) is 0 Å². The fourth-order valence-electron chi connectivity index (χ4n) is 1.56. The second kappa shape index (κ2) is 2.73.